The van der Waals surface area contributed by atoms with Gasteiger partial charge in [0.25, 0.3) is 11.5 Å². The Morgan fingerprint density at radius 2 is 2.11 bits per heavy atom. The molecule has 1 aromatic carbocycles. The first kappa shape index (κ1) is 12.7. The van der Waals surface area contributed by atoms with Crippen LogP contribution in [0, 0.1) is 10.5 Å². The molecular weight excluding hydrogens is 345 g/mol. The van der Waals surface area contributed by atoms with E-state index >= 15 is 0 Å². The van der Waals surface area contributed by atoms with Gasteiger partial charge in [-0.3, -0.25) is 9.59 Å². The molecule has 2 rings (SSSR count). The SMILES string of the molecule is Cc1cccc(C(=O)Nc2ccc(=O)[nH]n2)c1I. The summed E-state index contributed by atoms with van der Waals surface area (Å²) in [6, 6.07) is 8.28. The van der Waals surface area contributed by atoms with Crippen molar-refractivity contribution in [2.45, 2.75) is 6.92 Å². The van der Waals surface area contributed by atoms with E-state index in [0.717, 1.165) is 9.13 Å². The molecule has 0 aliphatic rings. The van der Waals surface area contributed by atoms with Crippen LogP contribution in [-0.2, 0) is 0 Å². The predicted molar refractivity (Wildman–Crippen MR) is 76.7 cm³/mol. The number of nitrogens with one attached hydrogen (secondary N) is 2. The minimum absolute atomic E-state index is 0.248. The summed E-state index contributed by atoms with van der Waals surface area (Å²) >= 11 is 2.13. The van der Waals surface area contributed by atoms with E-state index in [1.165, 1.54) is 12.1 Å². The van der Waals surface area contributed by atoms with Gasteiger partial charge in [-0.15, -0.1) is 0 Å². The summed E-state index contributed by atoms with van der Waals surface area (Å²) in [5, 5.41) is 8.61. The second kappa shape index (κ2) is 5.30. The number of aryl methyl sites for hydroxylation is 1. The summed E-state index contributed by atoms with van der Waals surface area (Å²) in [5.74, 6) is 0.0690. The predicted octanol–water partition coefficient (Wildman–Crippen LogP) is 1.94. The molecule has 0 saturated heterocycles. The summed E-state index contributed by atoms with van der Waals surface area (Å²) < 4.78 is 0.900. The lowest BCUT2D eigenvalue weighted by Gasteiger charge is -2.07. The molecule has 92 valence electrons. The summed E-state index contributed by atoms with van der Waals surface area (Å²) in [5.41, 5.74) is 1.32. The molecule has 2 N–H and O–H groups in total. The largest absolute Gasteiger partial charge is 0.305 e. The monoisotopic (exact) mass is 355 g/mol. The van der Waals surface area contributed by atoms with Crippen LogP contribution in [0.25, 0.3) is 0 Å². The van der Waals surface area contributed by atoms with Gasteiger partial charge >= 0.3 is 0 Å². The molecule has 0 spiro atoms. The van der Waals surface area contributed by atoms with Crippen LogP contribution in [-0.4, -0.2) is 16.1 Å². The van der Waals surface area contributed by atoms with Crippen molar-refractivity contribution in [1.82, 2.24) is 10.2 Å². The number of carbonyl (C=O) groups is 1. The van der Waals surface area contributed by atoms with Crippen LogP contribution >= 0.6 is 22.6 Å². The molecule has 0 aliphatic heterocycles. The molecule has 5 nitrogen and oxygen atoms in total. The number of aromatic amines is 1. The number of halogens is 1. The molecule has 1 heterocycles. The number of H-pyrrole nitrogens is 1. The van der Waals surface area contributed by atoms with Gasteiger partial charge in [0.2, 0.25) is 0 Å². The Labute approximate surface area is 117 Å². The van der Waals surface area contributed by atoms with E-state index in [2.05, 4.69) is 38.1 Å². The second-order valence-electron chi connectivity index (χ2n) is 3.70. The topological polar surface area (TPSA) is 74.8 Å². The zero-order valence-electron chi connectivity index (χ0n) is 9.53. The molecule has 6 heteroatoms. The molecule has 0 saturated carbocycles. The van der Waals surface area contributed by atoms with Gasteiger partial charge in [-0.25, -0.2) is 5.10 Å². The van der Waals surface area contributed by atoms with E-state index in [4.69, 9.17) is 0 Å². The van der Waals surface area contributed by atoms with Gasteiger partial charge in [0.1, 0.15) is 0 Å². The van der Waals surface area contributed by atoms with Crippen molar-refractivity contribution in [2.75, 3.05) is 5.32 Å². The molecule has 18 heavy (non-hydrogen) atoms. The molecule has 0 atom stereocenters. The highest BCUT2D eigenvalue weighted by Crippen LogP contribution is 2.17. The summed E-state index contributed by atoms with van der Waals surface area (Å²) in [6.45, 7) is 1.94. The first-order chi connectivity index (χ1) is 8.58. The average molecular weight is 355 g/mol. The van der Waals surface area contributed by atoms with Gasteiger partial charge < -0.3 is 5.32 Å². The molecule has 0 fully saturated rings. The molecule has 1 amide bonds. The highest BCUT2D eigenvalue weighted by Gasteiger charge is 2.11. The molecule has 2 aromatic rings. The number of hydrogen-bond acceptors (Lipinski definition) is 3. The lowest BCUT2D eigenvalue weighted by molar-refractivity contribution is 0.102. The van der Waals surface area contributed by atoms with Crippen molar-refractivity contribution < 1.29 is 4.79 Å². The maximum Gasteiger partial charge on any atom is 0.264 e. The van der Waals surface area contributed by atoms with Gasteiger partial charge in [0.15, 0.2) is 5.82 Å². The second-order valence-corrected chi connectivity index (χ2v) is 4.78. The molecule has 0 aliphatic carbocycles. The van der Waals surface area contributed by atoms with E-state index in [1.54, 1.807) is 6.07 Å². The van der Waals surface area contributed by atoms with Gasteiger partial charge in [-0.05, 0) is 47.2 Å². The Morgan fingerprint density at radius 1 is 1.33 bits per heavy atom. The average Bonchev–Trinajstić information content (AvgIpc) is 2.35. The minimum atomic E-state index is -0.307. The number of carbonyl (C=O) groups excluding carboxylic acids is 1. The normalized spacial score (nSPS) is 10.1. The maximum absolute atomic E-state index is 12.0. The third kappa shape index (κ3) is 2.76. The number of anilines is 1. The molecule has 0 radical (unpaired) electrons. The van der Waals surface area contributed by atoms with E-state index in [-0.39, 0.29) is 11.5 Å². The van der Waals surface area contributed by atoms with Gasteiger partial charge in [0.05, 0.1) is 5.56 Å². The van der Waals surface area contributed by atoms with Crippen molar-refractivity contribution in [3.05, 3.63) is 55.4 Å². The Balaban J connectivity index is 2.24. The highest BCUT2D eigenvalue weighted by molar-refractivity contribution is 14.1. The van der Waals surface area contributed by atoms with E-state index < -0.39 is 0 Å². The Bertz CT molecular complexity index is 632. The lowest BCUT2D eigenvalue weighted by Crippen LogP contribution is -2.17. The van der Waals surface area contributed by atoms with Gasteiger partial charge in [-0.1, -0.05) is 12.1 Å². The van der Waals surface area contributed by atoms with Crippen LogP contribution in [0.3, 0.4) is 0 Å². The van der Waals surface area contributed by atoms with Crippen LogP contribution in [0.4, 0.5) is 5.82 Å². The fraction of sp³-hybridized carbons (Fsp3) is 0.0833. The Kier molecular flexibility index (Phi) is 3.75. The van der Waals surface area contributed by atoms with E-state index in [9.17, 15) is 9.59 Å². The quantitative estimate of drug-likeness (QED) is 0.809. The molecule has 0 bridgehead atoms. The van der Waals surface area contributed by atoms with E-state index in [1.807, 2.05) is 19.1 Å². The van der Waals surface area contributed by atoms with Crippen molar-refractivity contribution in [1.29, 1.82) is 0 Å². The van der Waals surface area contributed by atoms with Gasteiger partial charge in [-0.2, -0.15) is 5.10 Å². The summed E-state index contributed by atoms with van der Waals surface area (Å²) in [7, 11) is 0. The molecule has 1 aromatic heterocycles. The van der Waals surface area contributed by atoms with Crippen LogP contribution in [0.5, 0.6) is 0 Å². The third-order valence-corrected chi connectivity index (χ3v) is 3.79. The molecular formula is C12H10IN3O2. The van der Waals surface area contributed by atoms with Crippen molar-refractivity contribution in [3.8, 4) is 0 Å². The van der Waals surface area contributed by atoms with Crippen LogP contribution in [0.2, 0.25) is 0 Å². The summed E-state index contributed by atoms with van der Waals surface area (Å²) in [4.78, 5) is 22.9. The first-order valence-corrected chi connectivity index (χ1v) is 6.28. The number of aromatic nitrogens is 2. The smallest absolute Gasteiger partial charge is 0.264 e. The van der Waals surface area contributed by atoms with Crippen LogP contribution in [0.15, 0.2) is 35.1 Å². The Hall–Kier alpha value is -1.70. The van der Waals surface area contributed by atoms with E-state index in [0.29, 0.717) is 11.4 Å². The zero-order chi connectivity index (χ0) is 13.1. The van der Waals surface area contributed by atoms with Crippen LogP contribution < -0.4 is 10.9 Å². The number of rotatable bonds is 2. The minimum Gasteiger partial charge on any atom is -0.305 e. The first-order valence-electron chi connectivity index (χ1n) is 5.20. The van der Waals surface area contributed by atoms with Crippen molar-refractivity contribution in [3.63, 3.8) is 0 Å². The number of nitrogens with zero attached hydrogens (tertiary/aromatic N) is 1. The molecule has 0 unspecified atom stereocenters. The standard InChI is InChI=1S/C12H10IN3O2/c1-7-3-2-4-8(11(7)13)12(18)14-9-5-6-10(17)16-15-9/h2-6H,1H3,(H,16,17)(H,14,15,18). The van der Waals surface area contributed by atoms with Crippen molar-refractivity contribution >= 4 is 34.3 Å². The van der Waals surface area contributed by atoms with Crippen LogP contribution in [0.1, 0.15) is 15.9 Å². The van der Waals surface area contributed by atoms with Gasteiger partial charge in [0, 0.05) is 9.64 Å². The number of amides is 1. The highest BCUT2D eigenvalue weighted by atomic mass is 127. The fourth-order valence-corrected chi connectivity index (χ4v) is 2.03. The third-order valence-electron chi connectivity index (χ3n) is 2.36. The lowest BCUT2D eigenvalue weighted by atomic mass is 10.1. The maximum atomic E-state index is 12.0. The fourth-order valence-electron chi connectivity index (χ4n) is 1.42. The number of benzene rings is 1. The zero-order valence-corrected chi connectivity index (χ0v) is 11.7. The summed E-state index contributed by atoms with van der Waals surface area (Å²) in [6.07, 6.45) is 0. The Morgan fingerprint density at radius 3 is 2.78 bits per heavy atom. The van der Waals surface area contributed by atoms with Crippen molar-refractivity contribution in [2.24, 2.45) is 0 Å². The number of hydrogen-bond donors (Lipinski definition) is 2.